The molecule has 5 rings (SSSR count). The Balaban J connectivity index is 1.50. The molecule has 0 bridgehead atoms. The molecule has 7 heteroatoms. The SMILES string of the molecule is Oc1nc(Oc2ccc3c(ccn3-c3ccc(F)cc3)c2)nc2cnccc12. The molecule has 0 aliphatic heterocycles. The standard InChI is InChI=1S/C21H13FN4O2/c22-14-1-3-15(4-2-14)26-10-8-13-11-16(5-6-19(13)26)28-21-24-18-12-23-9-7-17(18)20(27)25-21/h1-12H,(H,24,25,27). The van der Waals surface area contributed by atoms with Crippen molar-refractivity contribution in [2.24, 2.45) is 0 Å². The number of aromatic hydroxyl groups is 1. The number of pyridine rings is 1. The topological polar surface area (TPSA) is 73.1 Å². The zero-order valence-corrected chi connectivity index (χ0v) is 14.5. The molecule has 0 radical (unpaired) electrons. The number of hydrogen-bond donors (Lipinski definition) is 1. The highest BCUT2D eigenvalue weighted by molar-refractivity contribution is 5.84. The summed E-state index contributed by atoms with van der Waals surface area (Å²) in [5, 5.41) is 11.5. The Kier molecular flexibility index (Phi) is 3.65. The van der Waals surface area contributed by atoms with Crippen LogP contribution in [0.1, 0.15) is 0 Å². The Hall–Kier alpha value is -4.00. The third kappa shape index (κ3) is 2.79. The van der Waals surface area contributed by atoms with Gasteiger partial charge in [-0.3, -0.25) is 4.98 Å². The first-order chi connectivity index (χ1) is 13.7. The molecule has 6 nitrogen and oxygen atoms in total. The summed E-state index contributed by atoms with van der Waals surface area (Å²) in [5.74, 6) is 0.0997. The van der Waals surface area contributed by atoms with E-state index >= 15 is 0 Å². The largest absolute Gasteiger partial charge is 0.493 e. The van der Waals surface area contributed by atoms with Gasteiger partial charge in [-0.1, -0.05) is 0 Å². The van der Waals surface area contributed by atoms with E-state index in [4.69, 9.17) is 4.74 Å². The Morgan fingerprint density at radius 3 is 2.68 bits per heavy atom. The molecule has 3 heterocycles. The molecule has 5 aromatic rings. The third-order valence-electron chi connectivity index (χ3n) is 4.43. The number of hydrogen-bond acceptors (Lipinski definition) is 5. The molecule has 0 atom stereocenters. The first-order valence-corrected chi connectivity index (χ1v) is 8.53. The minimum Gasteiger partial charge on any atom is -0.493 e. The van der Waals surface area contributed by atoms with Gasteiger partial charge >= 0.3 is 6.01 Å². The molecule has 0 saturated heterocycles. The molecule has 0 fully saturated rings. The van der Waals surface area contributed by atoms with Crippen LogP contribution in [0, 0.1) is 5.82 Å². The van der Waals surface area contributed by atoms with Gasteiger partial charge in [0.2, 0.25) is 5.88 Å². The number of fused-ring (bicyclic) bond motifs is 2. The van der Waals surface area contributed by atoms with Gasteiger partial charge in [-0.05, 0) is 54.6 Å². The fourth-order valence-electron chi connectivity index (χ4n) is 3.11. The average molecular weight is 372 g/mol. The van der Waals surface area contributed by atoms with Gasteiger partial charge in [0.05, 0.1) is 22.6 Å². The lowest BCUT2D eigenvalue weighted by Gasteiger charge is -2.08. The fraction of sp³-hybridized carbons (Fsp3) is 0. The number of aromatic nitrogens is 4. The van der Waals surface area contributed by atoms with Crippen LogP contribution < -0.4 is 4.74 Å². The molecule has 1 N–H and O–H groups in total. The van der Waals surface area contributed by atoms with Crippen LogP contribution in [-0.4, -0.2) is 24.6 Å². The highest BCUT2D eigenvalue weighted by Crippen LogP contribution is 2.29. The Labute approximate surface area is 158 Å². The van der Waals surface area contributed by atoms with Crippen molar-refractivity contribution >= 4 is 21.8 Å². The van der Waals surface area contributed by atoms with E-state index in [9.17, 15) is 9.50 Å². The van der Waals surface area contributed by atoms with E-state index in [1.807, 2.05) is 29.0 Å². The normalized spacial score (nSPS) is 11.2. The van der Waals surface area contributed by atoms with E-state index < -0.39 is 0 Å². The third-order valence-corrected chi connectivity index (χ3v) is 4.43. The van der Waals surface area contributed by atoms with Crippen LogP contribution in [0.5, 0.6) is 17.6 Å². The molecule has 28 heavy (non-hydrogen) atoms. The van der Waals surface area contributed by atoms with E-state index in [1.165, 1.54) is 18.3 Å². The minimum absolute atomic E-state index is 0.0373. The molecular weight excluding hydrogens is 359 g/mol. The monoisotopic (exact) mass is 372 g/mol. The number of ether oxygens (including phenoxy) is 1. The second kappa shape index (κ2) is 6.31. The second-order valence-electron chi connectivity index (χ2n) is 6.21. The zero-order valence-electron chi connectivity index (χ0n) is 14.5. The summed E-state index contributed by atoms with van der Waals surface area (Å²) in [6.07, 6.45) is 5.01. The smallest absolute Gasteiger partial charge is 0.325 e. The van der Waals surface area contributed by atoms with Crippen LogP contribution >= 0.6 is 0 Å². The summed E-state index contributed by atoms with van der Waals surface area (Å²) >= 11 is 0. The molecule has 0 amide bonds. The maximum Gasteiger partial charge on any atom is 0.325 e. The van der Waals surface area contributed by atoms with Crippen molar-refractivity contribution in [1.29, 1.82) is 0 Å². The van der Waals surface area contributed by atoms with Crippen molar-refractivity contribution in [2.45, 2.75) is 0 Å². The Morgan fingerprint density at radius 1 is 0.964 bits per heavy atom. The quantitative estimate of drug-likeness (QED) is 0.501. The molecule has 0 aliphatic rings. The summed E-state index contributed by atoms with van der Waals surface area (Å²) < 4.78 is 20.9. The molecule has 2 aromatic carbocycles. The molecule has 0 saturated carbocycles. The van der Waals surface area contributed by atoms with Crippen LogP contribution in [-0.2, 0) is 0 Å². The molecule has 136 valence electrons. The Morgan fingerprint density at radius 2 is 1.82 bits per heavy atom. The van der Waals surface area contributed by atoms with Crippen LogP contribution in [0.4, 0.5) is 4.39 Å². The number of rotatable bonds is 3. The van der Waals surface area contributed by atoms with Crippen molar-refractivity contribution < 1.29 is 14.2 Å². The van der Waals surface area contributed by atoms with Crippen LogP contribution in [0.3, 0.4) is 0 Å². The van der Waals surface area contributed by atoms with E-state index in [0.717, 1.165) is 16.6 Å². The maximum absolute atomic E-state index is 13.2. The molecule has 0 aliphatic carbocycles. The van der Waals surface area contributed by atoms with Crippen LogP contribution in [0.25, 0.3) is 27.5 Å². The summed E-state index contributed by atoms with van der Waals surface area (Å²) in [6, 6.07) is 15.4. The van der Waals surface area contributed by atoms with Crippen molar-refractivity contribution in [3.63, 3.8) is 0 Å². The first-order valence-electron chi connectivity index (χ1n) is 8.53. The van der Waals surface area contributed by atoms with Crippen molar-refractivity contribution in [1.82, 2.24) is 19.5 Å². The number of benzene rings is 2. The highest BCUT2D eigenvalue weighted by Gasteiger charge is 2.10. The summed E-state index contributed by atoms with van der Waals surface area (Å²) in [6.45, 7) is 0. The highest BCUT2D eigenvalue weighted by atomic mass is 19.1. The second-order valence-corrected chi connectivity index (χ2v) is 6.21. The summed E-state index contributed by atoms with van der Waals surface area (Å²) in [7, 11) is 0. The van der Waals surface area contributed by atoms with E-state index in [2.05, 4.69) is 15.0 Å². The summed E-state index contributed by atoms with van der Waals surface area (Å²) in [5.41, 5.74) is 2.30. The van der Waals surface area contributed by atoms with Gasteiger partial charge in [0.25, 0.3) is 0 Å². The lowest BCUT2D eigenvalue weighted by molar-refractivity contribution is 0.412. The van der Waals surface area contributed by atoms with Crippen molar-refractivity contribution in [3.05, 3.63) is 79.0 Å². The average Bonchev–Trinajstić information content (AvgIpc) is 3.12. The van der Waals surface area contributed by atoms with E-state index in [1.54, 1.807) is 30.5 Å². The molecule has 0 unspecified atom stereocenters. The van der Waals surface area contributed by atoms with Gasteiger partial charge in [0.15, 0.2) is 0 Å². The predicted octanol–water partition coefficient (Wildman–Crippen LogP) is 4.61. The van der Waals surface area contributed by atoms with Gasteiger partial charge in [0, 0.05) is 23.5 Å². The predicted molar refractivity (Wildman–Crippen MR) is 102 cm³/mol. The molecule has 3 aromatic heterocycles. The van der Waals surface area contributed by atoms with E-state index in [0.29, 0.717) is 16.7 Å². The minimum atomic E-state index is -0.273. The Bertz CT molecular complexity index is 1320. The maximum atomic E-state index is 13.2. The van der Waals surface area contributed by atoms with Crippen LogP contribution in [0.2, 0.25) is 0 Å². The number of nitrogens with zero attached hydrogens (tertiary/aromatic N) is 4. The number of halogens is 1. The zero-order chi connectivity index (χ0) is 19.1. The van der Waals surface area contributed by atoms with Gasteiger partial charge < -0.3 is 14.4 Å². The van der Waals surface area contributed by atoms with Crippen molar-refractivity contribution in [3.8, 4) is 23.3 Å². The lowest BCUT2D eigenvalue weighted by Crippen LogP contribution is -1.94. The molecular formula is C21H13FN4O2. The van der Waals surface area contributed by atoms with Crippen molar-refractivity contribution in [2.75, 3.05) is 0 Å². The first kappa shape index (κ1) is 16.2. The van der Waals surface area contributed by atoms with Crippen LogP contribution in [0.15, 0.2) is 73.2 Å². The van der Waals surface area contributed by atoms with Gasteiger partial charge in [-0.25, -0.2) is 4.39 Å². The summed E-state index contributed by atoms with van der Waals surface area (Å²) in [4.78, 5) is 12.3. The van der Waals surface area contributed by atoms with Gasteiger partial charge in [-0.2, -0.15) is 9.97 Å². The van der Waals surface area contributed by atoms with Gasteiger partial charge in [0.1, 0.15) is 11.6 Å². The van der Waals surface area contributed by atoms with E-state index in [-0.39, 0.29) is 17.7 Å². The fourth-order valence-corrected chi connectivity index (χ4v) is 3.11. The van der Waals surface area contributed by atoms with Gasteiger partial charge in [-0.15, -0.1) is 0 Å². The molecule has 0 spiro atoms. The lowest BCUT2D eigenvalue weighted by atomic mass is 10.2.